The van der Waals surface area contributed by atoms with Gasteiger partial charge in [-0.1, -0.05) is 23.7 Å². The normalized spacial score (nSPS) is 10.4. The van der Waals surface area contributed by atoms with Crippen LogP contribution in [0.15, 0.2) is 47.4 Å². The summed E-state index contributed by atoms with van der Waals surface area (Å²) in [6.07, 6.45) is 2.01. The second kappa shape index (κ2) is 6.12. The SMILES string of the molecule is CSc1ccccc1NCc1cc(Cl)ccc1F. The second-order valence-corrected chi connectivity index (χ2v) is 5.07. The smallest absolute Gasteiger partial charge is 0.128 e. The predicted molar refractivity (Wildman–Crippen MR) is 77.0 cm³/mol. The number of hydrogen-bond donors (Lipinski definition) is 1. The van der Waals surface area contributed by atoms with Crippen LogP contribution in [0.25, 0.3) is 0 Å². The third-order valence-electron chi connectivity index (χ3n) is 2.58. The minimum atomic E-state index is -0.242. The average Bonchev–Trinajstić information content (AvgIpc) is 2.40. The number of thioether (sulfide) groups is 1. The molecule has 0 atom stereocenters. The summed E-state index contributed by atoms with van der Waals surface area (Å²) < 4.78 is 13.6. The Morgan fingerprint density at radius 1 is 1.22 bits per heavy atom. The van der Waals surface area contributed by atoms with Gasteiger partial charge in [-0.05, 0) is 36.6 Å². The lowest BCUT2D eigenvalue weighted by Crippen LogP contribution is -2.02. The largest absolute Gasteiger partial charge is 0.380 e. The van der Waals surface area contributed by atoms with Crippen molar-refractivity contribution in [2.24, 2.45) is 0 Å². The van der Waals surface area contributed by atoms with Gasteiger partial charge in [0.05, 0.1) is 0 Å². The summed E-state index contributed by atoms with van der Waals surface area (Å²) >= 11 is 7.51. The van der Waals surface area contributed by atoms with Gasteiger partial charge in [0.1, 0.15) is 5.82 Å². The standard InChI is InChI=1S/C14H13ClFNS/c1-18-14-5-3-2-4-13(14)17-9-10-8-11(15)6-7-12(10)16/h2-8,17H,9H2,1H3. The van der Waals surface area contributed by atoms with Crippen LogP contribution in [0.1, 0.15) is 5.56 Å². The molecule has 2 aromatic carbocycles. The van der Waals surface area contributed by atoms with Gasteiger partial charge in [-0.2, -0.15) is 0 Å². The van der Waals surface area contributed by atoms with E-state index in [-0.39, 0.29) is 5.82 Å². The predicted octanol–water partition coefficient (Wildman–Crippen LogP) is 4.81. The molecule has 0 unspecified atom stereocenters. The molecule has 1 N–H and O–H groups in total. The number of halogens is 2. The molecule has 0 aliphatic heterocycles. The van der Waals surface area contributed by atoms with Gasteiger partial charge in [0, 0.05) is 27.7 Å². The zero-order chi connectivity index (χ0) is 13.0. The highest BCUT2D eigenvalue weighted by Crippen LogP contribution is 2.25. The highest BCUT2D eigenvalue weighted by atomic mass is 35.5. The van der Waals surface area contributed by atoms with Crippen LogP contribution in [-0.4, -0.2) is 6.26 Å². The lowest BCUT2D eigenvalue weighted by molar-refractivity contribution is 0.613. The maximum atomic E-state index is 13.6. The summed E-state index contributed by atoms with van der Waals surface area (Å²) in [5, 5.41) is 3.78. The molecule has 18 heavy (non-hydrogen) atoms. The minimum Gasteiger partial charge on any atom is -0.380 e. The van der Waals surface area contributed by atoms with E-state index in [0.717, 1.165) is 10.6 Å². The molecular formula is C14H13ClFNS. The molecule has 0 spiro atoms. The Morgan fingerprint density at radius 3 is 2.78 bits per heavy atom. The molecule has 0 amide bonds. The van der Waals surface area contributed by atoms with Crippen molar-refractivity contribution in [3.05, 3.63) is 58.9 Å². The van der Waals surface area contributed by atoms with E-state index >= 15 is 0 Å². The van der Waals surface area contributed by atoms with Crippen LogP contribution in [0.3, 0.4) is 0 Å². The van der Waals surface area contributed by atoms with Crippen LogP contribution in [0.2, 0.25) is 5.02 Å². The highest BCUT2D eigenvalue weighted by molar-refractivity contribution is 7.98. The molecule has 94 valence electrons. The van der Waals surface area contributed by atoms with Crippen LogP contribution >= 0.6 is 23.4 Å². The van der Waals surface area contributed by atoms with Gasteiger partial charge >= 0.3 is 0 Å². The van der Waals surface area contributed by atoms with Crippen molar-refractivity contribution in [3.8, 4) is 0 Å². The van der Waals surface area contributed by atoms with Gasteiger partial charge in [-0.25, -0.2) is 4.39 Å². The summed E-state index contributed by atoms with van der Waals surface area (Å²) in [5.74, 6) is -0.242. The first-order chi connectivity index (χ1) is 8.70. The monoisotopic (exact) mass is 281 g/mol. The molecule has 0 aromatic heterocycles. The van der Waals surface area contributed by atoms with Crippen molar-refractivity contribution in [2.75, 3.05) is 11.6 Å². The van der Waals surface area contributed by atoms with Crippen molar-refractivity contribution in [3.63, 3.8) is 0 Å². The first kappa shape index (κ1) is 13.2. The Hall–Kier alpha value is -1.19. The zero-order valence-corrected chi connectivity index (χ0v) is 11.5. The number of benzene rings is 2. The maximum Gasteiger partial charge on any atom is 0.128 e. The average molecular weight is 282 g/mol. The van der Waals surface area contributed by atoms with Gasteiger partial charge in [-0.3, -0.25) is 0 Å². The topological polar surface area (TPSA) is 12.0 Å². The Bertz CT molecular complexity index is 545. The number of nitrogens with one attached hydrogen (secondary N) is 1. The summed E-state index contributed by atoms with van der Waals surface area (Å²) in [7, 11) is 0. The minimum absolute atomic E-state index is 0.242. The number of para-hydroxylation sites is 1. The summed E-state index contributed by atoms with van der Waals surface area (Å²) in [5.41, 5.74) is 1.57. The quantitative estimate of drug-likeness (QED) is 0.807. The Labute approximate surface area is 115 Å². The van der Waals surface area contributed by atoms with E-state index in [1.165, 1.54) is 6.07 Å². The first-order valence-corrected chi connectivity index (χ1v) is 7.12. The summed E-state index contributed by atoms with van der Waals surface area (Å²) in [4.78, 5) is 1.14. The third kappa shape index (κ3) is 3.18. The van der Waals surface area contributed by atoms with E-state index in [4.69, 9.17) is 11.6 Å². The van der Waals surface area contributed by atoms with Crippen molar-refractivity contribution in [1.29, 1.82) is 0 Å². The Kier molecular flexibility index (Phi) is 4.50. The van der Waals surface area contributed by atoms with Gasteiger partial charge in [0.2, 0.25) is 0 Å². The van der Waals surface area contributed by atoms with Crippen molar-refractivity contribution in [2.45, 2.75) is 11.4 Å². The van der Waals surface area contributed by atoms with E-state index in [1.807, 2.05) is 30.5 Å². The highest BCUT2D eigenvalue weighted by Gasteiger charge is 2.04. The van der Waals surface area contributed by atoms with Crippen molar-refractivity contribution < 1.29 is 4.39 Å². The second-order valence-electron chi connectivity index (χ2n) is 3.79. The van der Waals surface area contributed by atoms with Crippen LogP contribution in [0.5, 0.6) is 0 Å². The molecule has 0 bridgehead atoms. The van der Waals surface area contributed by atoms with Crippen LogP contribution in [0, 0.1) is 5.82 Å². The third-order valence-corrected chi connectivity index (χ3v) is 3.61. The zero-order valence-electron chi connectivity index (χ0n) is 9.91. The molecule has 0 saturated carbocycles. The molecule has 4 heteroatoms. The fraction of sp³-hybridized carbons (Fsp3) is 0.143. The molecule has 1 nitrogen and oxygen atoms in total. The fourth-order valence-corrected chi connectivity index (χ4v) is 2.43. The van der Waals surface area contributed by atoms with Gasteiger partial charge < -0.3 is 5.32 Å². The van der Waals surface area contributed by atoms with Gasteiger partial charge in [0.15, 0.2) is 0 Å². The summed E-state index contributed by atoms with van der Waals surface area (Å²) in [6.45, 7) is 0.421. The maximum absolute atomic E-state index is 13.6. The van der Waals surface area contributed by atoms with E-state index in [1.54, 1.807) is 23.9 Å². The fourth-order valence-electron chi connectivity index (χ4n) is 1.66. The van der Waals surface area contributed by atoms with Crippen molar-refractivity contribution >= 4 is 29.1 Å². The molecule has 0 saturated heterocycles. The van der Waals surface area contributed by atoms with E-state index < -0.39 is 0 Å². The molecule has 2 rings (SSSR count). The van der Waals surface area contributed by atoms with Gasteiger partial charge in [0.25, 0.3) is 0 Å². The van der Waals surface area contributed by atoms with Crippen LogP contribution in [-0.2, 0) is 6.54 Å². The van der Waals surface area contributed by atoms with Crippen LogP contribution < -0.4 is 5.32 Å². The summed E-state index contributed by atoms with van der Waals surface area (Å²) in [6, 6.07) is 12.5. The molecule has 0 radical (unpaired) electrons. The molecule has 0 aliphatic carbocycles. The van der Waals surface area contributed by atoms with E-state index in [0.29, 0.717) is 17.1 Å². The number of rotatable bonds is 4. The first-order valence-electron chi connectivity index (χ1n) is 5.51. The Balaban J connectivity index is 2.14. The lowest BCUT2D eigenvalue weighted by atomic mass is 10.2. The number of hydrogen-bond acceptors (Lipinski definition) is 2. The Morgan fingerprint density at radius 2 is 2.00 bits per heavy atom. The molecular weight excluding hydrogens is 269 g/mol. The van der Waals surface area contributed by atoms with E-state index in [2.05, 4.69) is 5.32 Å². The van der Waals surface area contributed by atoms with Crippen molar-refractivity contribution in [1.82, 2.24) is 0 Å². The van der Waals surface area contributed by atoms with Crippen LogP contribution in [0.4, 0.5) is 10.1 Å². The molecule has 0 heterocycles. The number of anilines is 1. The molecule has 0 aliphatic rings. The van der Waals surface area contributed by atoms with E-state index in [9.17, 15) is 4.39 Å². The lowest BCUT2D eigenvalue weighted by Gasteiger charge is -2.11. The molecule has 2 aromatic rings. The van der Waals surface area contributed by atoms with Gasteiger partial charge in [-0.15, -0.1) is 11.8 Å². The molecule has 0 fully saturated rings.